The Morgan fingerprint density at radius 1 is 1.30 bits per heavy atom. The van der Waals surface area contributed by atoms with E-state index in [-0.39, 0.29) is 29.8 Å². The number of hydrogen-bond acceptors (Lipinski definition) is 4. The van der Waals surface area contributed by atoms with E-state index in [1.54, 1.807) is 11.8 Å². The van der Waals surface area contributed by atoms with Gasteiger partial charge in [0.1, 0.15) is 0 Å². The molecule has 0 atom stereocenters. The van der Waals surface area contributed by atoms with E-state index in [2.05, 4.69) is 20.8 Å². The molecule has 1 saturated heterocycles. The number of piperidine rings is 1. The zero-order valence-electron chi connectivity index (χ0n) is 12.6. The smallest absolute Gasteiger partial charge is 0.305 e. The quantitative estimate of drug-likeness (QED) is 0.813. The lowest BCUT2D eigenvalue weighted by molar-refractivity contribution is -0.139. The van der Waals surface area contributed by atoms with Crippen molar-refractivity contribution in [1.82, 2.24) is 4.90 Å². The van der Waals surface area contributed by atoms with E-state index < -0.39 is 5.97 Å². The van der Waals surface area contributed by atoms with E-state index in [0.29, 0.717) is 18.8 Å². The van der Waals surface area contributed by atoms with Crippen molar-refractivity contribution >= 4 is 23.6 Å². The van der Waals surface area contributed by atoms with Crippen LogP contribution in [0, 0.1) is 0 Å². The first kappa shape index (κ1) is 17.3. The number of nitrogens with zero attached hydrogens (tertiary/aromatic N) is 1. The zero-order chi connectivity index (χ0) is 15.2. The number of aliphatic carboxylic acids is 1. The van der Waals surface area contributed by atoms with Gasteiger partial charge in [-0.05, 0) is 12.8 Å². The van der Waals surface area contributed by atoms with Crippen LogP contribution in [-0.2, 0) is 14.3 Å². The molecule has 1 aliphatic rings. The Hall–Kier alpha value is -0.750. The summed E-state index contributed by atoms with van der Waals surface area (Å²) in [6.07, 6.45) is 1.73. The molecule has 0 spiro atoms. The number of thioether (sulfide) groups is 1. The monoisotopic (exact) mass is 303 g/mol. The molecule has 20 heavy (non-hydrogen) atoms. The van der Waals surface area contributed by atoms with Gasteiger partial charge in [0, 0.05) is 17.8 Å². The van der Waals surface area contributed by atoms with Crippen LogP contribution in [0.2, 0.25) is 0 Å². The molecule has 0 radical (unpaired) electrons. The Labute approximate surface area is 125 Å². The van der Waals surface area contributed by atoms with Gasteiger partial charge in [-0.3, -0.25) is 9.59 Å². The fraction of sp³-hybridized carbons (Fsp3) is 0.857. The van der Waals surface area contributed by atoms with Crippen molar-refractivity contribution in [1.29, 1.82) is 0 Å². The third-order valence-electron chi connectivity index (χ3n) is 3.09. The standard InChI is InChI=1S/C14H25NO4S/c1-14(2,3)20-10-12(16)15-7-4-11(5-8-15)19-9-6-13(17)18/h11H,4-10H2,1-3H3,(H,17,18). The van der Waals surface area contributed by atoms with Crippen molar-refractivity contribution < 1.29 is 19.4 Å². The minimum atomic E-state index is -0.836. The van der Waals surface area contributed by atoms with E-state index in [9.17, 15) is 9.59 Å². The molecule has 1 amide bonds. The lowest BCUT2D eigenvalue weighted by Gasteiger charge is -2.32. The molecule has 116 valence electrons. The van der Waals surface area contributed by atoms with Crippen LogP contribution in [0.25, 0.3) is 0 Å². The highest BCUT2D eigenvalue weighted by Crippen LogP contribution is 2.24. The molecule has 0 unspecified atom stereocenters. The van der Waals surface area contributed by atoms with Gasteiger partial charge in [0.05, 0.1) is 24.9 Å². The minimum absolute atomic E-state index is 0.0430. The average molecular weight is 303 g/mol. The van der Waals surface area contributed by atoms with Gasteiger partial charge in [0.25, 0.3) is 0 Å². The van der Waals surface area contributed by atoms with Crippen LogP contribution < -0.4 is 0 Å². The Kier molecular flexibility index (Phi) is 6.82. The predicted molar refractivity (Wildman–Crippen MR) is 80.0 cm³/mol. The highest BCUT2D eigenvalue weighted by Gasteiger charge is 2.24. The number of carbonyl (C=O) groups is 2. The molecule has 5 nitrogen and oxygen atoms in total. The first-order valence-corrected chi connectivity index (χ1v) is 8.01. The largest absolute Gasteiger partial charge is 0.481 e. The van der Waals surface area contributed by atoms with Crippen molar-refractivity contribution in [2.75, 3.05) is 25.4 Å². The number of hydrogen-bond donors (Lipinski definition) is 1. The highest BCUT2D eigenvalue weighted by molar-refractivity contribution is 8.01. The van der Waals surface area contributed by atoms with Crippen LogP contribution in [0.1, 0.15) is 40.0 Å². The lowest BCUT2D eigenvalue weighted by Crippen LogP contribution is -2.42. The van der Waals surface area contributed by atoms with Crippen LogP contribution in [0.4, 0.5) is 0 Å². The van der Waals surface area contributed by atoms with E-state index in [1.165, 1.54) is 0 Å². The number of rotatable bonds is 6. The number of likely N-dealkylation sites (tertiary alicyclic amines) is 1. The van der Waals surface area contributed by atoms with Crippen molar-refractivity contribution in [3.05, 3.63) is 0 Å². The molecule has 0 aromatic rings. The number of carboxylic acids is 1. The number of ether oxygens (including phenoxy) is 1. The van der Waals surface area contributed by atoms with Gasteiger partial charge in [-0.1, -0.05) is 20.8 Å². The SMILES string of the molecule is CC(C)(C)SCC(=O)N1CCC(OCCC(=O)O)CC1. The van der Waals surface area contributed by atoms with Gasteiger partial charge in [-0.25, -0.2) is 0 Å². The first-order valence-electron chi connectivity index (χ1n) is 7.03. The minimum Gasteiger partial charge on any atom is -0.481 e. The van der Waals surface area contributed by atoms with Gasteiger partial charge in [0.15, 0.2) is 0 Å². The summed E-state index contributed by atoms with van der Waals surface area (Å²) in [5, 5.41) is 8.55. The summed E-state index contributed by atoms with van der Waals surface area (Å²) in [6, 6.07) is 0. The number of carbonyl (C=O) groups excluding carboxylic acids is 1. The molecule has 1 heterocycles. The second-order valence-corrected chi connectivity index (χ2v) is 7.80. The molecule has 1 rings (SSSR count). The predicted octanol–water partition coefficient (Wildman–Crippen LogP) is 2.00. The number of carboxylic acid groups (broad SMARTS) is 1. The zero-order valence-corrected chi connectivity index (χ0v) is 13.4. The lowest BCUT2D eigenvalue weighted by atomic mass is 10.1. The summed E-state index contributed by atoms with van der Waals surface area (Å²) in [4.78, 5) is 24.3. The highest BCUT2D eigenvalue weighted by atomic mass is 32.2. The summed E-state index contributed by atoms with van der Waals surface area (Å²) in [5.74, 6) is -0.126. The van der Waals surface area contributed by atoms with Gasteiger partial charge in [-0.15, -0.1) is 11.8 Å². The second-order valence-electron chi connectivity index (χ2n) is 6.00. The Morgan fingerprint density at radius 3 is 2.40 bits per heavy atom. The topological polar surface area (TPSA) is 66.8 Å². The van der Waals surface area contributed by atoms with Crippen LogP contribution in [0.5, 0.6) is 0 Å². The van der Waals surface area contributed by atoms with Crippen LogP contribution >= 0.6 is 11.8 Å². The van der Waals surface area contributed by atoms with Gasteiger partial charge < -0.3 is 14.7 Å². The third-order valence-corrected chi connectivity index (χ3v) is 4.35. The normalized spacial score (nSPS) is 17.2. The summed E-state index contributed by atoms with van der Waals surface area (Å²) in [7, 11) is 0. The molecule has 0 saturated carbocycles. The van der Waals surface area contributed by atoms with Crippen molar-refractivity contribution in [3.8, 4) is 0 Å². The van der Waals surface area contributed by atoms with Gasteiger partial charge >= 0.3 is 5.97 Å². The Balaban J connectivity index is 2.21. The van der Waals surface area contributed by atoms with Crippen molar-refractivity contribution in [2.45, 2.75) is 50.9 Å². The van der Waals surface area contributed by atoms with E-state index >= 15 is 0 Å². The van der Waals surface area contributed by atoms with E-state index in [0.717, 1.165) is 12.8 Å². The molecule has 0 aliphatic carbocycles. The summed E-state index contributed by atoms with van der Waals surface area (Å²) in [6.45, 7) is 7.99. The molecular weight excluding hydrogens is 278 g/mol. The van der Waals surface area contributed by atoms with Crippen LogP contribution in [-0.4, -0.2) is 58.2 Å². The summed E-state index contributed by atoms with van der Waals surface area (Å²) < 4.78 is 5.62. The first-order chi connectivity index (χ1) is 9.28. The van der Waals surface area contributed by atoms with Crippen LogP contribution in [0.3, 0.4) is 0 Å². The summed E-state index contributed by atoms with van der Waals surface area (Å²) >= 11 is 1.67. The number of amides is 1. The molecule has 1 fully saturated rings. The fourth-order valence-electron chi connectivity index (χ4n) is 1.95. The van der Waals surface area contributed by atoms with E-state index in [4.69, 9.17) is 9.84 Å². The van der Waals surface area contributed by atoms with Crippen molar-refractivity contribution in [3.63, 3.8) is 0 Å². The summed E-state index contributed by atoms with van der Waals surface area (Å²) in [5.41, 5.74) is 0. The maximum absolute atomic E-state index is 12.0. The van der Waals surface area contributed by atoms with Crippen LogP contribution in [0.15, 0.2) is 0 Å². The molecule has 0 aromatic carbocycles. The maximum atomic E-state index is 12.0. The fourth-order valence-corrected chi connectivity index (χ4v) is 2.69. The van der Waals surface area contributed by atoms with Gasteiger partial charge in [0.2, 0.25) is 5.91 Å². The Morgan fingerprint density at radius 2 is 1.90 bits per heavy atom. The molecular formula is C14H25NO4S. The molecule has 6 heteroatoms. The Bertz CT molecular complexity index is 333. The molecule has 1 N–H and O–H groups in total. The third kappa shape index (κ3) is 7.14. The molecule has 0 aromatic heterocycles. The molecule has 1 aliphatic heterocycles. The van der Waals surface area contributed by atoms with Gasteiger partial charge in [-0.2, -0.15) is 0 Å². The molecule has 0 bridgehead atoms. The van der Waals surface area contributed by atoms with E-state index in [1.807, 2.05) is 4.90 Å². The second kappa shape index (κ2) is 7.88. The maximum Gasteiger partial charge on any atom is 0.305 e. The average Bonchev–Trinajstić information content (AvgIpc) is 2.35. The van der Waals surface area contributed by atoms with Crippen molar-refractivity contribution in [2.24, 2.45) is 0 Å².